The number of sulfonamides is 1. The van der Waals surface area contributed by atoms with Crippen LogP contribution in [0, 0.1) is 11.7 Å². The maximum atomic E-state index is 13.2. The summed E-state index contributed by atoms with van der Waals surface area (Å²) in [5, 5.41) is 5.70. The van der Waals surface area contributed by atoms with Crippen molar-refractivity contribution in [1.82, 2.24) is 9.62 Å². The third-order valence-electron chi connectivity index (χ3n) is 6.18. The van der Waals surface area contributed by atoms with Crippen molar-refractivity contribution in [2.75, 3.05) is 25.0 Å². The summed E-state index contributed by atoms with van der Waals surface area (Å²) < 4.78 is 40.5. The molecule has 0 aromatic heterocycles. The van der Waals surface area contributed by atoms with Crippen LogP contribution in [0.1, 0.15) is 28.8 Å². The van der Waals surface area contributed by atoms with Crippen LogP contribution >= 0.6 is 0 Å². The van der Waals surface area contributed by atoms with E-state index in [4.69, 9.17) is 0 Å². The highest BCUT2D eigenvalue weighted by molar-refractivity contribution is 7.89. The standard InChI is InChI=1S/C27H28FN3O4S/c28-22-12-14-23(15-13-22)36(34,35)31-18-6-9-21(19-31)26(32)30-25-11-5-4-10-24(25)27(33)29-17-16-20-7-2-1-3-8-20/h1-5,7-8,10-15,21H,6,9,16-19H2,(H,29,33)(H,30,32)/t21-/m1/s1. The lowest BCUT2D eigenvalue weighted by molar-refractivity contribution is -0.120. The topological polar surface area (TPSA) is 95.6 Å². The van der Waals surface area contributed by atoms with E-state index in [1.807, 2.05) is 30.3 Å². The molecule has 1 atom stereocenters. The van der Waals surface area contributed by atoms with Gasteiger partial charge in [0.25, 0.3) is 5.91 Å². The maximum Gasteiger partial charge on any atom is 0.253 e. The first-order chi connectivity index (χ1) is 17.3. The van der Waals surface area contributed by atoms with Crippen LogP contribution in [-0.4, -0.2) is 44.2 Å². The smallest absolute Gasteiger partial charge is 0.253 e. The zero-order valence-electron chi connectivity index (χ0n) is 19.7. The Bertz CT molecular complexity index is 1310. The predicted molar refractivity (Wildman–Crippen MR) is 135 cm³/mol. The van der Waals surface area contributed by atoms with Crippen LogP contribution in [-0.2, 0) is 21.2 Å². The van der Waals surface area contributed by atoms with Gasteiger partial charge in [-0.05, 0) is 61.2 Å². The molecule has 0 bridgehead atoms. The number of carbonyl (C=O) groups is 2. The molecule has 1 fully saturated rings. The second-order valence-corrected chi connectivity index (χ2v) is 10.6. The molecule has 188 valence electrons. The molecular weight excluding hydrogens is 481 g/mol. The minimum atomic E-state index is -3.85. The number of hydrogen-bond donors (Lipinski definition) is 2. The number of hydrogen-bond acceptors (Lipinski definition) is 4. The van der Waals surface area contributed by atoms with Crippen molar-refractivity contribution in [3.8, 4) is 0 Å². The highest BCUT2D eigenvalue weighted by Gasteiger charge is 2.33. The number of halogens is 1. The number of nitrogens with zero attached hydrogens (tertiary/aromatic N) is 1. The third kappa shape index (κ3) is 6.16. The molecule has 9 heteroatoms. The number of para-hydroxylation sites is 1. The van der Waals surface area contributed by atoms with Gasteiger partial charge in [0.2, 0.25) is 15.9 Å². The Labute approximate surface area is 210 Å². The molecule has 0 aliphatic carbocycles. The molecule has 3 aromatic carbocycles. The number of rotatable bonds is 8. The Morgan fingerprint density at radius 2 is 1.64 bits per heavy atom. The molecule has 36 heavy (non-hydrogen) atoms. The van der Waals surface area contributed by atoms with Gasteiger partial charge < -0.3 is 10.6 Å². The summed E-state index contributed by atoms with van der Waals surface area (Å²) in [5.74, 6) is -1.75. The second kappa shape index (κ2) is 11.5. The molecule has 0 saturated carbocycles. The third-order valence-corrected chi connectivity index (χ3v) is 8.06. The van der Waals surface area contributed by atoms with Crippen LogP contribution in [0.2, 0.25) is 0 Å². The van der Waals surface area contributed by atoms with Gasteiger partial charge in [0.15, 0.2) is 0 Å². The van der Waals surface area contributed by atoms with E-state index >= 15 is 0 Å². The maximum absolute atomic E-state index is 13.2. The normalized spacial score (nSPS) is 16.3. The van der Waals surface area contributed by atoms with Crippen molar-refractivity contribution in [2.45, 2.75) is 24.2 Å². The Kier molecular flexibility index (Phi) is 8.12. The van der Waals surface area contributed by atoms with E-state index in [9.17, 15) is 22.4 Å². The van der Waals surface area contributed by atoms with Crippen molar-refractivity contribution in [1.29, 1.82) is 0 Å². The lowest BCUT2D eigenvalue weighted by Gasteiger charge is -2.31. The molecule has 1 heterocycles. The van der Waals surface area contributed by atoms with E-state index < -0.39 is 21.8 Å². The molecule has 0 spiro atoms. The molecule has 0 radical (unpaired) electrons. The first-order valence-corrected chi connectivity index (χ1v) is 13.3. The second-order valence-electron chi connectivity index (χ2n) is 8.68. The van der Waals surface area contributed by atoms with E-state index in [0.29, 0.717) is 37.1 Å². The number of nitrogens with one attached hydrogen (secondary N) is 2. The van der Waals surface area contributed by atoms with Crippen LogP contribution in [0.5, 0.6) is 0 Å². The molecule has 1 saturated heterocycles. The summed E-state index contributed by atoms with van der Waals surface area (Å²) in [6, 6.07) is 21.2. The van der Waals surface area contributed by atoms with Crippen molar-refractivity contribution in [2.24, 2.45) is 5.92 Å². The zero-order chi connectivity index (χ0) is 25.5. The van der Waals surface area contributed by atoms with Crippen molar-refractivity contribution in [3.05, 3.63) is 95.8 Å². The van der Waals surface area contributed by atoms with Crippen molar-refractivity contribution >= 4 is 27.5 Å². The zero-order valence-corrected chi connectivity index (χ0v) is 20.5. The summed E-state index contributed by atoms with van der Waals surface area (Å²) in [6.07, 6.45) is 1.72. The molecule has 3 aromatic rings. The summed E-state index contributed by atoms with van der Waals surface area (Å²) in [7, 11) is -3.85. The van der Waals surface area contributed by atoms with Gasteiger partial charge in [0, 0.05) is 19.6 Å². The number of piperidine rings is 1. The van der Waals surface area contributed by atoms with Crippen molar-refractivity contribution in [3.63, 3.8) is 0 Å². The van der Waals surface area contributed by atoms with Gasteiger partial charge in [-0.15, -0.1) is 0 Å². The average Bonchev–Trinajstić information content (AvgIpc) is 2.90. The molecule has 0 unspecified atom stereocenters. The largest absolute Gasteiger partial charge is 0.352 e. The minimum Gasteiger partial charge on any atom is -0.352 e. The highest BCUT2D eigenvalue weighted by Crippen LogP contribution is 2.25. The van der Waals surface area contributed by atoms with Crippen LogP contribution in [0.4, 0.5) is 10.1 Å². The van der Waals surface area contributed by atoms with Crippen LogP contribution in [0.15, 0.2) is 83.8 Å². The lowest BCUT2D eigenvalue weighted by Crippen LogP contribution is -2.43. The van der Waals surface area contributed by atoms with Gasteiger partial charge >= 0.3 is 0 Å². The number of carbonyl (C=O) groups excluding carboxylic acids is 2. The molecular formula is C27H28FN3O4S. The van der Waals surface area contributed by atoms with E-state index in [0.717, 1.165) is 17.7 Å². The Hall–Kier alpha value is -3.56. The molecule has 1 aliphatic rings. The van der Waals surface area contributed by atoms with Crippen LogP contribution in [0.25, 0.3) is 0 Å². The fourth-order valence-corrected chi connectivity index (χ4v) is 5.74. The lowest BCUT2D eigenvalue weighted by atomic mass is 9.98. The first-order valence-electron chi connectivity index (χ1n) is 11.8. The predicted octanol–water partition coefficient (Wildman–Crippen LogP) is 3.84. The van der Waals surface area contributed by atoms with Crippen LogP contribution < -0.4 is 10.6 Å². The summed E-state index contributed by atoms with van der Waals surface area (Å²) in [6.45, 7) is 0.741. The number of amides is 2. The van der Waals surface area contributed by atoms with Gasteiger partial charge in [-0.1, -0.05) is 42.5 Å². The monoisotopic (exact) mass is 509 g/mol. The minimum absolute atomic E-state index is 0.0109. The Morgan fingerprint density at radius 3 is 2.39 bits per heavy atom. The summed E-state index contributed by atoms with van der Waals surface area (Å²) in [5.41, 5.74) is 1.82. The highest BCUT2D eigenvalue weighted by atomic mass is 32.2. The molecule has 2 amide bonds. The summed E-state index contributed by atoms with van der Waals surface area (Å²) in [4.78, 5) is 25.9. The molecule has 7 nitrogen and oxygen atoms in total. The SMILES string of the molecule is O=C(NCCc1ccccc1)c1ccccc1NC(=O)[C@@H]1CCCN(S(=O)(=O)c2ccc(F)cc2)C1. The van der Waals surface area contributed by atoms with Crippen molar-refractivity contribution < 1.29 is 22.4 Å². The fourth-order valence-electron chi connectivity index (χ4n) is 4.22. The molecule has 2 N–H and O–H groups in total. The van der Waals surface area contributed by atoms with Gasteiger partial charge in [-0.2, -0.15) is 4.31 Å². The average molecular weight is 510 g/mol. The van der Waals surface area contributed by atoms with Gasteiger partial charge in [-0.3, -0.25) is 9.59 Å². The fraction of sp³-hybridized carbons (Fsp3) is 0.259. The quantitative estimate of drug-likeness (QED) is 0.482. The number of anilines is 1. The van der Waals surface area contributed by atoms with Gasteiger partial charge in [0.05, 0.1) is 22.1 Å². The van der Waals surface area contributed by atoms with E-state index in [1.165, 1.54) is 16.4 Å². The summed E-state index contributed by atoms with van der Waals surface area (Å²) >= 11 is 0. The van der Waals surface area contributed by atoms with E-state index in [1.54, 1.807) is 24.3 Å². The van der Waals surface area contributed by atoms with Gasteiger partial charge in [0.1, 0.15) is 5.82 Å². The molecule has 4 rings (SSSR count). The van der Waals surface area contributed by atoms with E-state index in [-0.39, 0.29) is 29.8 Å². The Morgan fingerprint density at radius 1 is 0.944 bits per heavy atom. The first kappa shape index (κ1) is 25.5. The van der Waals surface area contributed by atoms with Crippen LogP contribution in [0.3, 0.4) is 0 Å². The van der Waals surface area contributed by atoms with Gasteiger partial charge in [-0.25, -0.2) is 12.8 Å². The Balaban J connectivity index is 1.39. The number of benzene rings is 3. The molecule has 1 aliphatic heterocycles. The van der Waals surface area contributed by atoms with E-state index in [2.05, 4.69) is 10.6 Å².